The Morgan fingerprint density at radius 2 is 1.56 bits per heavy atom. The SMILES string of the molecule is Cc1ccc(C(=O)NNC(=O)CCc2nc(-c3ccc(C)cc3)no2)cc1. The summed E-state index contributed by atoms with van der Waals surface area (Å²) in [6.45, 7) is 3.94. The van der Waals surface area contributed by atoms with Crippen molar-refractivity contribution in [1.82, 2.24) is 21.0 Å². The van der Waals surface area contributed by atoms with Gasteiger partial charge in [-0.3, -0.25) is 20.4 Å². The highest BCUT2D eigenvalue weighted by molar-refractivity contribution is 5.95. The monoisotopic (exact) mass is 364 g/mol. The number of nitrogens with zero attached hydrogens (tertiary/aromatic N) is 2. The van der Waals surface area contributed by atoms with Crippen LogP contribution in [0, 0.1) is 13.8 Å². The first-order valence-corrected chi connectivity index (χ1v) is 8.57. The first kappa shape index (κ1) is 18.3. The standard InChI is InChI=1S/C20H20N4O3/c1-13-3-7-15(8-4-13)19-21-18(27-24-19)12-11-17(25)22-23-20(26)16-9-5-14(2)6-10-16/h3-10H,11-12H2,1-2H3,(H,22,25)(H,23,26). The number of hydrazine groups is 1. The Labute approximate surface area is 156 Å². The number of aryl methyl sites for hydroxylation is 3. The van der Waals surface area contributed by atoms with Crippen molar-refractivity contribution in [2.24, 2.45) is 0 Å². The molecule has 0 spiro atoms. The predicted octanol–water partition coefficient (Wildman–Crippen LogP) is 2.75. The van der Waals surface area contributed by atoms with Gasteiger partial charge in [-0.2, -0.15) is 4.98 Å². The molecule has 7 heteroatoms. The van der Waals surface area contributed by atoms with E-state index in [1.165, 1.54) is 0 Å². The van der Waals surface area contributed by atoms with Gasteiger partial charge in [0, 0.05) is 24.0 Å². The number of hydrogen-bond acceptors (Lipinski definition) is 5. The Morgan fingerprint density at radius 1 is 0.926 bits per heavy atom. The summed E-state index contributed by atoms with van der Waals surface area (Å²) < 4.78 is 5.18. The molecule has 2 aromatic carbocycles. The van der Waals surface area contributed by atoms with Crippen LogP contribution < -0.4 is 10.9 Å². The van der Waals surface area contributed by atoms with Crippen LogP contribution in [0.25, 0.3) is 11.4 Å². The van der Waals surface area contributed by atoms with E-state index in [1.54, 1.807) is 12.1 Å². The highest BCUT2D eigenvalue weighted by Gasteiger charge is 2.12. The van der Waals surface area contributed by atoms with Gasteiger partial charge in [-0.1, -0.05) is 52.7 Å². The molecule has 0 aliphatic carbocycles. The average Bonchev–Trinajstić information content (AvgIpc) is 3.14. The van der Waals surface area contributed by atoms with Crippen LogP contribution in [0.4, 0.5) is 0 Å². The number of carbonyl (C=O) groups is 2. The Morgan fingerprint density at radius 3 is 2.22 bits per heavy atom. The van der Waals surface area contributed by atoms with Crippen LogP contribution in [-0.2, 0) is 11.2 Å². The molecule has 3 rings (SSSR count). The summed E-state index contributed by atoms with van der Waals surface area (Å²) in [5, 5.41) is 3.93. The van der Waals surface area contributed by atoms with Crippen molar-refractivity contribution >= 4 is 11.8 Å². The topological polar surface area (TPSA) is 97.1 Å². The van der Waals surface area contributed by atoms with Crippen molar-refractivity contribution in [2.45, 2.75) is 26.7 Å². The van der Waals surface area contributed by atoms with Crippen molar-refractivity contribution in [3.63, 3.8) is 0 Å². The molecule has 0 radical (unpaired) electrons. The van der Waals surface area contributed by atoms with Gasteiger partial charge in [-0.15, -0.1) is 0 Å². The van der Waals surface area contributed by atoms with E-state index in [9.17, 15) is 9.59 Å². The summed E-state index contributed by atoms with van der Waals surface area (Å²) >= 11 is 0. The summed E-state index contributed by atoms with van der Waals surface area (Å²) in [6.07, 6.45) is 0.398. The number of rotatable bonds is 5. The van der Waals surface area contributed by atoms with E-state index < -0.39 is 0 Å². The lowest BCUT2D eigenvalue weighted by Crippen LogP contribution is -2.41. The predicted molar refractivity (Wildman–Crippen MR) is 99.6 cm³/mol. The van der Waals surface area contributed by atoms with Gasteiger partial charge in [0.05, 0.1) is 0 Å². The maximum absolute atomic E-state index is 12.0. The van der Waals surface area contributed by atoms with Crippen molar-refractivity contribution < 1.29 is 14.1 Å². The molecule has 0 saturated heterocycles. The smallest absolute Gasteiger partial charge is 0.269 e. The first-order chi connectivity index (χ1) is 13.0. The van der Waals surface area contributed by atoms with Crippen molar-refractivity contribution in [3.8, 4) is 11.4 Å². The number of hydrogen-bond donors (Lipinski definition) is 2. The molecule has 1 aromatic heterocycles. The zero-order valence-corrected chi connectivity index (χ0v) is 15.2. The van der Waals surface area contributed by atoms with Gasteiger partial charge in [0.15, 0.2) is 0 Å². The molecule has 0 atom stereocenters. The van der Waals surface area contributed by atoms with Crippen LogP contribution in [0.5, 0.6) is 0 Å². The highest BCUT2D eigenvalue weighted by Crippen LogP contribution is 2.16. The molecule has 138 valence electrons. The molecule has 0 unspecified atom stereocenters. The van der Waals surface area contributed by atoms with Gasteiger partial charge < -0.3 is 4.52 Å². The van der Waals surface area contributed by atoms with Crippen molar-refractivity contribution in [1.29, 1.82) is 0 Å². The maximum Gasteiger partial charge on any atom is 0.269 e. The molecular formula is C20H20N4O3. The fourth-order valence-electron chi connectivity index (χ4n) is 2.36. The minimum Gasteiger partial charge on any atom is -0.339 e. The maximum atomic E-state index is 12.0. The highest BCUT2D eigenvalue weighted by atomic mass is 16.5. The quantitative estimate of drug-likeness (QED) is 0.679. The summed E-state index contributed by atoms with van der Waals surface area (Å²) in [7, 11) is 0. The molecule has 3 aromatic rings. The lowest BCUT2D eigenvalue weighted by molar-refractivity contribution is -0.121. The number of amides is 2. The minimum atomic E-state index is -0.372. The van der Waals surface area contributed by atoms with Gasteiger partial charge >= 0.3 is 0 Å². The van der Waals surface area contributed by atoms with E-state index in [1.807, 2.05) is 50.2 Å². The van der Waals surface area contributed by atoms with Crippen molar-refractivity contribution in [3.05, 3.63) is 71.1 Å². The van der Waals surface area contributed by atoms with Gasteiger partial charge in [0.2, 0.25) is 17.6 Å². The molecule has 0 saturated carbocycles. The molecule has 0 aliphatic heterocycles. The Hall–Kier alpha value is -3.48. The van der Waals surface area contributed by atoms with Crippen LogP contribution in [0.15, 0.2) is 53.1 Å². The zero-order chi connectivity index (χ0) is 19.2. The molecule has 1 heterocycles. The third-order valence-electron chi connectivity index (χ3n) is 3.97. The van der Waals surface area contributed by atoms with Gasteiger partial charge in [-0.25, -0.2) is 0 Å². The van der Waals surface area contributed by atoms with E-state index in [4.69, 9.17) is 4.52 Å². The Balaban J connectivity index is 1.47. The summed E-state index contributed by atoms with van der Waals surface area (Å²) in [6, 6.07) is 14.8. The molecule has 0 bridgehead atoms. The zero-order valence-electron chi connectivity index (χ0n) is 15.2. The summed E-state index contributed by atoms with van der Waals surface area (Å²) in [5.41, 5.74) is 8.29. The number of aromatic nitrogens is 2. The van der Waals surface area contributed by atoms with E-state index >= 15 is 0 Å². The lowest BCUT2D eigenvalue weighted by Gasteiger charge is -2.06. The second-order valence-corrected chi connectivity index (χ2v) is 6.25. The fraction of sp³-hybridized carbons (Fsp3) is 0.200. The van der Waals surface area contributed by atoms with Gasteiger partial charge in [0.25, 0.3) is 5.91 Å². The molecule has 7 nitrogen and oxygen atoms in total. The largest absolute Gasteiger partial charge is 0.339 e. The molecule has 27 heavy (non-hydrogen) atoms. The van der Waals surface area contributed by atoms with E-state index in [0.717, 1.165) is 16.7 Å². The third-order valence-corrected chi connectivity index (χ3v) is 3.97. The molecule has 0 aliphatic rings. The van der Waals surface area contributed by atoms with E-state index in [-0.39, 0.29) is 24.7 Å². The second-order valence-electron chi connectivity index (χ2n) is 6.25. The van der Waals surface area contributed by atoms with Crippen LogP contribution in [0.1, 0.15) is 33.8 Å². The van der Waals surface area contributed by atoms with Crippen LogP contribution in [0.3, 0.4) is 0 Å². The molecule has 2 N–H and O–H groups in total. The van der Waals surface area contributed by atoms with E-state index in [2.05, 4.69) is 21.0 Å². The number of nitrogens with one attached hydrogen (secondary N) is 2. The summed E-state index contributed by atoms with van der Waals surface area (Å²) in [4.78, 5) is 28.1. The minimum absolute atomic E-state index is 0.115. The second kappa shape index (κ2) is 8.27. The van der Waals surface area contributed by atoms with Crippen molar-refractivity contribution in [2.75, 3.05) is 0 Å². The van der Waals surface area contributed by atoms with E-state index in [0.29, 0.717) is 17.3 Å². The van der Waals surface area contributed by atoms with Gasteiger partial charge in [-0.05, 0) is 26.0 Å². The van der Waals surface area contributed by atoms with Crippen LogP contribution >= 0.6 is 0 Å². The normalized spacial score (nSPS) is 10.4. The fourth-order valence-corrected chi connectivity index (χ4v) is 2.36. The Kier molecular flexibility index (Phi) is 5.61. The number of benzene rings is 2. The Bertz CT molecular complexity index is 931. The summed E-state index contributed by atoms with van der Waals surface area (Å²) in [5.74, 6) is 0.136. The first-order valence-electron chi connectivity index (χ1n) is 8.57. The number of carbonyl (C=O) groups excluding carboxylic acids is 2. The molecular weight excluding hydrogens is 344 g/mol. The third kappa shape index (κ3) is 5.01. The lowest BCUT2D eigenvalue weighted by atomic mass is 10.1. The van der Waals surface area contributed by atoms with Gasteiger partial charge in [0.1, 0.15) is 0 Å². The molecule has 2 amide bonds. The van der Waals surface area contributed by atoms with Crippen LogP contribution in [-0.4, -0.2) is 22.0 Å². The van der Waals surface area contributed by atoms with Crippen LogP contribution in [0.2, 0.25) is 0 Å². The average molecular weight is 364 g/mol. The molecule has 0 fully saturated rings.